The Morgan fingerprint density at radius 3 is 2.66 bits per heavy atom. The Bertz CT molecular complexity index is 816. The molecule has 1 fully saturated rings. The lowest BCUT2D eigenvalue weighted by atomic mass is 10.0. The zero-order chi connectivity index (χ0) is 20.1. The van der Waals surface area contributed by atoms with E-state index in [1.165, 1.54) is 16.7 Å². The number of benzene rings is 2. The number of rotatable bonds is 8. The normalized spacial score (nSPS) is 18.3. The SMILES string of the molecule is CC1(C)Cc2cc(CNCc3cccc(OCCN4CCOCC4)c3)ccc2O1. The Hall–Kier alpha value is -2.08. The summed E-state index contributed by atoms with van der Waals surface area (Å²) in [5.41, 5.74) is 3.75. The van der Waals surface area contributed by atoms with Crippen molar-refractivity contribution in [1.29, 1.82) is 0 Å². The van der Waals surface area contributed by atoms with Gasteiger partial charge in [-0.25, -0.2) is 0 Å². The standard InChI is InChI=1S/C24H32N2O3/c1-24(2)16-21-14-20(6-7-23(21)29-24)18-25-17-19-4-3-5-22(15-19)28-13-10-26-8-11-27-12-9-26/h3-7,14-15,25H,8-13,16-18H2,1-2H3. The van der Waals surface area contributed by atoms with Crippen LogP contribution in [-0.2, 0) is 24.2 Å². The average molecular weight is 397 g/mol. The van der Waals surface area contributed by atoms with Crippen LogP contribution in [0.15, 0.2) is 42.5 Å². The minimum Gasteiger partial charge on any atom is -0.492 e. The molecule has 5 nitrogen and oxygen atoms in total. The number of nitrogens with zero attached hydrogens (tertiary/aromatic N) is 1. The molecule has 1 N–H and O–H groups in total. The highest BCUT2D eigenvalue weighted by Crippen LogP contribution is 2.35. The van der Waals surface area contributed by atoms with E-state index < -0.39 is 0 Å². The number of nitrogens with one attached hydrogen (secondary N) is 1. The summed E-state index contributed by atoms with van der Waals surface area (Å²) in [6.07, 6.45) is 0.972. The molecule has 0 unspecified atom stereocenters. The van der Waals surface area contributed by atoms with Gasteiger partial charge < -0.3 is 19.5 Å². The number of morpholine rings is 1. The number of hydrogen-bond acceptors (Lipinski definition) is 5. The molecule has 4 rings (SSSR count). The van der Waals surface area contributed by atoms with Crippen molar-refractivity contribution in [2.45, 2.75) is 39.0 Å². The summed E-state index contributed by atoms with van der Waals surface area (Å²) < 4.78 is 17.3. The number of hydrogen-bond donors (Lipinski definition) is 1. The van der Waals surface area contributed by atoms with Crippen molar-refractivity contribution in [2.75, 3.05) is 39.5 Å². The van der Waals surface area contributed by atoms with E-state index in [2.05, 4.69) is 60.5 Å². The van der Waals surface area contributed by atoms with Gasteiger partial charge in [0.05, 0.1) is 13.2 Å². The fourth-order valence-corrected chi connectivity index (χ4v) is 3.99. The largest absolute Gasteiger partial charge is 0.492 e. The number of fused-ring (bicyclic) bond motifs is 1. The van der Waals surface area contributed by atoms with Crippen molar-refractivity contribution < 1.29 is 14.2 Å². The summed E-state index contributed by atoms with van der Waals surface area (Å²) in [6.45, 7) is 11.3. The van der Waals surface area contributed by atoms with Gasteiger partial charge in [-0.3, -0.25) is 4.90 Å². The maximum Gasteiger partial charge on any atom is 0.123 e. The summed E-state index contributed by atoms with van der Waals surface area (Å²) >= 11 is 0. The highest BCUT2D eigenvalue weighted by molar-refractivity contribution is 5.41. The summed E-state index contributed by atoms with van der Waals surface area (Å²) in [5.74, 6) is 1.97. The fraction of sp³-hybridized carbons (Fsp3) is 0.500. The van der Waals surface area contributed by atoms with Gasteiger partial charge in [0.2, 0.25) is 0 Å². The second-order valence-electron chi connectivity index (χ2n) is 8.53. The minimum absolute atomic E-state index is 0.0867. The third-order valence-electron chi connectivity index (χ3n) is 5.46. The van der Waals surface area contributed by atoms with E-state index in [1.54, 1.807) is 0 Å². The predicted octanol–water partition coefficient (Wildman–Crippen LogP) is 3.40. The van der Waals surface area contributed by atoms with E-state index in [0.29, 0.717) is 6.61 Å². The molecule has 2 aromatic carbocycles. The Kier molecular flexibility index (Phi) is 6.38. The van der Waals surface area contributed by atoms with E-state index in [1.807, 2.05) is 6.07 Å². The zero-order valence-corrected chi connectivity index (χ0v) is 17.6. The first-order valence-electron chi connectivity index (χ1n) is 10.6. The molecule has 0 amide bonds. The smallest absolute Gasteiger partial charge is 0.123 e. The molecule has 1 saturated heterocycles. The molecule has 0 saturated carbocycles. The van der Waals surface area contributed by atoms with Crippen LogP contribution < -0.4 is 14.8 Å². The van der Waals surface area contributed by atoms with E-state index in [0.717, 1.165) is 63.9 Å². The van der Waals surface area contributed by atoms with Gasteiger partial charge in [0.25, 0.3) is 0 Å². The first-order chi connectivity index (χ1) is 14.1. The lowest BCUT2D eigenvalue weighted by molar-refractivity contribution is 0.0322. The Morgan fingerprint density at radius 1 is 1.03 bits per heavy atom. The second kappa shape index (κ2) is 9.16. The van der Waals surface area contributed by atoms with Gasteiger partial charge in [-0.15, -0.1) is 0 Å². The van der Waals surface area contributed by atoms with Crippen LogP contribution in [-0.4, -0.2) is 50.0 Å². The van der Waals surface area contributed by atoms with Gasteiger partial charge in [-0.2, -0.15) is 0 Å². The van der Waals surface area contributed by atoms with Crippen LogP contribution in [0.1, 0.15) is 30.5 Å². The van der Waals surface area contributed by atoms with E-state index >= 15 is 0 Å². The molecule has 0 aliphatic carbocycles. The summed E-state index contributed by atoms with van der Waals surface area (Å²) in [5, 5.41) is 3.55. The van der Waals surface area contributed by atoms with Gasteiger partial charge in [0, 0.05) is 39.1 Å². The molecular formula is C24H32N2O3. The first kappa shape index (κ1) is 20.2. The molecule has 0 radical (unpaired) electrons. The van der Waals surface area contributed by atoms with Crippen LogP contribution in [0.3, 0.4) is 0 Å². The molecule has 156 valence electrons. The van der Waals surface area contributed by atoms with E-state index in [-0.39, 0.29) is 5.60 Å². The molecule has 5 heteroatoms. The number of ether oxygens (including phenoxy) is 3. The molecule has 0 aromatic heterocycles. The molecule has 29 heavy (non-hydrogen) atoms. The van der Waals surface area contributed by atoms with Crippen LogP contribution in [0.4, 0.5) is 0 Å². The molecule has 0 spiro atoms. The van der Waals surface area contributed by atoms with Crippen molar-refractivity contribution >= 4 is 0 Å². The molecule has 0 bridgehead atoms. The van der Waals surface area contributed by atoms with Gasteiger partial charge in [0.1, 0.15) is 23.7 Å². The summed E-state index contributed by atoms with van der Waals surface area (Å²) in [4.78, 5) is 2.39. The Balaban J connectivity index is 1.23. The van der Waals surface area contributed by atoms with Gasteiger partial charge >= 0.3 is 0 Å². The molecule has 2 aromatic rings. The van der Waals surface area contributed by atoms with Crippen molar-refractivity contribution in [1.82, 2.24) is 10.2 Å². The minimum atomic E-state index is -0.0867. The third-order valence-corrected chi connectivity index (χ3v) is 5.46. The van der Waals surface area contributed by atoms with Gasteiger partial charge in [0.15, 0.2) is 0 Å². The lowest BCUT2D eigenvalue weighted by Crippen LogP contribution is -2.38. The lowest BCUT2D eigenvalue weighted by Gasteiger charge is -2.26. The summed E-state index contributed by atoms with van der Waals surface area (Å²) in [6, 6.07) is 14.9. The molecular weight excluding hydrogens is 364 g/mol. The zero-order valence-electron chi connectivity index (χ0n) is 17.6. The quantitative estimate of drug-likeness (QED) is 0.741. The molecule has 2 aliphatic heterocycles. The fourth-order valence-electron chi connectivity index (χ4n) is 3.99. The van der Waals surface area contributed by atoms with Crippen molar-refractivity contribution in [3.8, 4) is 11.5 Å². The topological polar surface area (TPSA) is 43.0 Å². The predicted molar refractivity (Wildman–Crippen MR) is 115 cm³/mol. The van der Waals surface area contributed by atoms with Crippen LogP contribution >= 0.6 is 0 Å². The maximum atomic E-state index is 5.96. The van der Waals surface area contributed by atoms with Gasteiger partial charge in [-0.05, 0) is 48.7 Å². The van der Waals surface area contributed by atoms with Crippen LogP contribution in [0.2, 0.25) is 0 Å². The second-order valence-corrected chi connectivity index (χ2v) is 8.53. The highest BCUT2D eigenvalue weighted by atomic mass is 16.5. The Morgan fingerprint density at radius 2 is 1.83 bits per heavy atom. The van der Waals surface area contributed by atoms with Crippen molar-refractivity contribution in [3.05, 3.63) is 59.2 Å². The monoisotopic (exact) mass is 396 g/mol. The van der Waals surface area contributed by atoms with Crippen LogP contribution in [0.25, 0.3) is 0 Å². The third kappa shape index (κ3) is 5.72. The molecule has 0 atom stereocenters. The Labute approximate surface area is 174 Å². The average Bonchev–Trinajstić information content (AvgIpc) is 3.02. The van der Waals surface area contributed by atoms with Crippen LogP contribution in [0.5, 0.6) is 11.5 Å². The van der Waals surface area contributed by atoms with Crippen LogP contribution in [0, 0.1) is 0 Å². The maximum absolute atomic E-state index is 5.96. The first-order valence-corrected chi connectivity index (χ1v) is 10.6. The highest BCUT2D eigenvalue weighted by Gasteiger charge is 2.29. The summed E-state index contributed by atoms with van der Waals surface area (Å²) in [7, 11) is 0. The van der Waals surface area contributed by atoms with Gasteiger partial charge in [-0.1, -0.05) is 24.3 Å². The molecule has 2 aliphatic rings. The van der Waals surface area contributed by atoms with Crippen molar-refractivity contribution in [3.63, 3.8) is 0 Å². The molecule has 2 heterocycles. The van der Waals surface area contributed by atoms with Crippen molar-refractivity contribution in [2.24, 2.45) is 0 Å². The van der Waals surface area contributed by atoms with E-state index in [4.69, 9.17) is 14.2 Å². The van der Waals surface area contributed by atoms with E-state index in [9.17, 15) is 0 Å².